The first-order valence-electron chi connectivity index (χ1n) is 11.1. The minimum atomic E-state index is -1.03. The number of amides is 3. The highest BCUT2D eigenvalue weighted by molar-refractivity contribution is 6.04. The number of nitrogens with zero attached hydrogens (tertiary/aromatic N) is 2. The molecule has 1 fully saturated rings. The first-order valence-corrected chi connectivity index (χ1v) is 11.1. The van der Waals surface area contributed by atoms with Crippen LogP contribution in [0.1, 0.15) is 57.5 Å². The van der Waals surface area contributed by atoms with E-state index in [9.17, 15) is 19.2 Å². The fourth-order valence-electron chi connectivity index (χ4n) is 3.37. The van der Waals surface area contributed by atoms with E-state index in [-0.39, 0.29) is 30.9 Å². The molecule has 0 saturated carbocycles. The van der Waals surface area contributed by atoms with Gasteiger partial charge in [-0.15, -0.1) is 0 Å². The van der Waals surface area contributed by atoms with Gasteiger partial charge in [0.2, 0.25) is 0 Å². The van der Waals surface area contributed by atoms with Crippen LogP contribution < -0.4 is 5.32 Å². The standard InChI is InChI=1S/C24H35N3O7/c1-15-9-10-17(25-21(30)33-23(2,3)4)16(13-15)19(28)27-12-11-26(14-18(27)20(29)32-8)22(31)34-24(5,6)7/h9-10,13,18H,11-12,14H2,1-8H3,(H,25,30). The molecule has 1 aliphatic heterocycles. The van der Waals surface area contributed by atoms with Gasteiger partial charge in [-0.25, -0.2) is 14.4 Å². The molecule has 34 heavy (non-hydrogen) atoms. The number of hydrogen-bond donors (Lipinski definition) is 1. The van der Waals surface area contributed by atoms with E-state index >= 15 is 0 Å². The molecule has 1 aliphatic rings. The lowest BCUT2D eigenvalue weighted by Crippen LogP contribution is -2.60. The Balaban J connectivity index is 2.31. The number of piperazine rings is 1. The van der Waals surface area contributed by atoms with Gasteiger partial charge < -0.3 is 24.0 Å². The molecule has 10 nitrogen and oxygen atoms in total. The van der Waals surface area contributed by atoms with Crippen molar-refractivity contribution in [3.63, 3.8) is 0 Å². The van der Waals surface area contributed by atoms with Crippen molar-refractivity contribution in [1.29, 1.82) is 0 Å². The Morgan fingerprint density at radius 2 is 1.59 bits per heavy atom. The Bertz CT molecular complexity index is 947. The van der Waals surface area contributed by atoms with Crippen LogP contribution in [0.3, 0.4) is 0 Å². The summed E-state index contributed by atoms with van der Waals surface area (Å²) in [5.41, 5.74) is -0.171. The molecule has 2 rings (SSSR count). The molecule has 0 spiro atoms. The molecule has 0 radical (unpaired) electrons. The van der Waals surface area contributed by atoms with Crippen LogP contribution in [-0.4, -0.2) is 77.9 Å². The lowest BCUT2D eigenvalue weighted by Gasteiger charge is -2.40. The van der Waals surface area contributed by atoms with E-state index in [1.54, 1.807) is 59.7 Å². The molecule has 188 valence electrons. The van der Waals surface area contributed by atoms with Crippen LogP contribution in [0.2, 0.25) is 0 Å². The summed E-state index contributed by atoms with van der Waals surface area (Å²) in [7, 11) is 1.22. The highest BCUT2D eigenvalue weighted by Gasteiger charge is 2.40. The maximum absolute atomic E-state index is 13.6. The quantitative estimate of drug-likeness (QED) is 0.523. The molecule has 10 heteroatoms. The summed E-state index contributed by atoms with van der Waals surface area (Å²) in [6.07, 6.45) is -1.28. The molecule has 0 aliphatic carbocycles. The lowest BCUT2D eigenvalue weighted by atomic mass is 10.0. The minimum Gasteiger partial charge on any atom is -0.467 e. The van der Waals surface area contributed by atoms with Crippen molar-refractivity contribution >= 4 is 29.8 Å². The Morgan fingerprint density at radius 3 is 2.15 bits per heavy atom. The van der Waals surface area contributed by atoms with Crippen LogP contribution in [0.25, 0.3) is 0 Å². The van der Waals surface area contributed by atoms with E-state index in [0.29, 0.717) is 0 Å². The molecule has 1 unspecified atom stereocenters. The number of carbonyl (C=O) groups excluding carboxylic acids is 4. The summed E-state index contributed by atoms with van der Waals surface area (Å²) in [6.45, 7) is 12.4. The molecule has 3 amide bonds. The largest absolute Gasteiger partial charge is 0.467 e. The summed E-state index contributed by atoms with van der Waals surface area (Å²) in [5.74, 6) is -1.13. The lowest BCUT2D eigenvalue weighted by molar-refractivity contribution is -0.147. The van der Waals surface area contributed by atoms with Gasteiger partial charge in [0, 0.05) is 13.1 Å². The molecular formula is C24H35N3O7. The van der Waals surface area contributed by atoms with Crippen molar-refractivity contribution in [1.82, 2.24) is 9.80 Å². The Labute approximate surface area is 200 Å². The molecule has 1 aromatic carbocycles. The van der Waals surface area contributed by atoms with Crippen molar-refractivity contribution in [3.05, 3.63) is 29.3 Å². The zero-order valence-corrected chi connectivity index (χ0v) is 21.2. The van der Waals surface area contributed by atoms with E-state index < -0.39 is 41.3 Å². The molecule has 1 heterocycles. The number of rotatable bonds is 3. The highest BCUT2D eigenvalue weighted by atomic mass is 16.6. The number of carbonyl (C=O) groups is 4. The van der Waals surface area contributed by atoms with Crippen LogP contribution in [-0.2, 0) is 19.0 Å². The first-order chi connectivity index (χ1) is 15.6. The third kappa shape index (κ3) is 7.36. The van der Waals surface area contributed by atoms with E-state index in [2.05, 4.69) is 5.32 Å². The number of anilines is 1. The van der Waals surface area contributed by atoms with Gasteiger partial charge >= 0.3 is 18.2 Å². The number of benzene rings is 1. The number of ether oxygens (including phenoxy) is 3. The SMILES string of the molecule is COC(=O)C1CN(C(=O)OC(C)(C)C)CCN1C(=O)c1cc(C)ccc1NC(=O)OC(C)(C)C. The predicted molar refractivity (Wildman–Crippen MR) is 126 cm³/mol. The second-order valence-electron chi connectivity index (χ2n) is 10.1. The van der Waals surface area contributed by atoms with Crippen molar-refractivity contribution in [2.24, 2.45) is 0 Å². The molecule has 1 N–H and O–H groups in total. The number of esters is 1. The van der Waals surface area contributed by atoms with Crippen molar-refractivity contribution < 1.29 is 33.4 Å². The average molecular weight is 478 g/mol. The summed E-state index contributed by atoms with van der Waals surface area (Å²) < 4.78 is 15.6. The molecule has 0 bridgehead atoms. The highest BCUT2D eigenvalue weighted by Crippen LogP contribution is 2.24. The molecule has 1 aromatic rings. The minimum absolute atomic E-state index is 0.0754. The summed E-state index contributed by atoms with van der Waals surface area (Å²) in [5, 5.41) is 2.62. The fraction of sp³-hybridized carbons (Fsp3) is 0.583. The Morgan fingerprint density at radius 1 is 0.971 bits per heavy atom. The van der Waals surface area contributed by atoms with Crippen LogP contribution >= 0.6 is 0 Å². The van der Waals surface area contributed by atoms with Crippen LogP contribution in [0.5, 0.6) is 0 Å². The summed E-state index contributed by atoms with van der Waals surface area (Å²) in [4.78, 5) is 53.7. The van der Waals surface area contributed by atoms with Gasteiger partial charge in [0.05, 0.1) is 24.9 Å². The van der Waals surface area contributed by atoms with E-state index in [0.717, 1.165) is 5.56 Å². The second kappa shape index (κ2) is 10.3. The fourth-order valence-corrected chi connectivity index (χ4v) is 3.37. The van der Waals surface area contributed by atoms with Crippen molar-refractivity contribution in [2.75, 3.05) is 32.1 Å². The molecule has 1 atom stereocenters. The van der Waals surface area contributed by atoms with Gasteiger partial charge in [-0.2, -0.15) is 0 Å². The van der Waals surface area contributed by atoms with E-state index in [1.165, 1.54) is 16.9 Å². The van der Waals surface area contributed by atoms with Gasteiger partial charge in [0.1, 0.15) is 17.2 Å². The zero-order chi connectivity index (χ0) is 25.8. The number of methoxy groups -OCH3 is 1. The summed E-state index contributed by atoms with van der Waals surface area (Å²) in [6, 6.07) is 3.95. The molecular weight excluding hydrogens is 442 g/mol. The van der Waals surface area contributed by atoms with Gasteiger partial charge in [-0.1, -0.05) is 11.6 Å². The van der Waals surface area contributed by atoms with Crippen LogP contribution in [0.15, 0.2) is 18.2 Å². The third-order valence-electron chi connectivity index (χ3n) is 4.81. The Hall–Kier alpha value is -3.30. The molecule has 0 aromatic heterocycles. The topological polar surface area (TPSA) is 114 Å². The summed E-state index contributed by atoms with van der Waals surface area (Å²) >= 11 is 0. The van der Waals surface area contributed by atoms with E-state index in [4.69, 9.17) is 14.2 Å². The van der Waals surface area contributed by atoms with E-state index in [1.807, 2.05) is 6.92 Å². The third-order valence-corrected chi connectivity index (χ3v) is 4.81. The van der Waals surface area contributed by atoms with Crippen LogP contribution in [0.4, 0.5) is 15.3 Å². The second-order valence-corrected chi connectivity index (χ2v) is 10.1. The van der Waals surface area contributed by atoms with Gasteiger partial charge in [-0.3, -0.25) is 10.1 Å². The van der Waals surface area contributed by atoms with Gasteiger partial charge in [-0.05, 0) is 60.6 Å². The predicted octanol–water partition coefficient (Wildman–Crippen LogP) is 3.58. The first kappa shape index (κ1) is 26.9. The number of aryl methyl sites for hydroxylation is 1. The Kier molecular flexibility index (Phi) is 8.18. The van der Waals surface area contributed by atoms with Gasteiger partial charge in [0.25, 0.3) is 5.91 Å². The maximum atomic E-state index is 13.6. The monoisotopic (exact) mass is 477 g/mol. The van der Waals surface area contributed by atoms with Crippen molar-refractivity contribution in [2.45, 2.75) is 65.7 Å². The van der Waals surface area contributed by atoms with Gasteiger partial charge in [0.15, 0.2) is 0 Å². The molecule has 1 saturated heterocycles. The number of nitrogens with one attached hydrogen (secondary N) is 1. The normalized spacial score (nSPS) is 16.5. The zero-order valence-electron chi connectivity index (χ0n) is 21.2. The van der Waals surface area contributed by atoms with Crippen LogP contribution in [0, 0.1) is 6.92 Å². The van der Waals surface area contributed by atoms with Crippen molar-refractivity contribution in [3.8, 4) is 0 Å². The smallest absolute Gasteiger partial charge is 0.412 e. The average Bonchev–Trinajstić information content (AvgIpc) is 2.70. The maximum Gasteiger partial charge on any atom is 0.412 e. The number of hydrogen-bond acceptors (Lipinski definition) is 7.